The minimum atomic E-state index is -4.88. The summed E-state index contributed by atoms with van der Waals surface area (Å²) in [6.07, 6.45) is -4.88. The fourth-order valence-corrected chi connectivity index (χ4v) is 2.66. The molecule has 0 bridgehead atoms. The third-order valence-electron chi connectivity index (χ3n) is 4.04. The van der Waals surface area contributed by atoms with E-state index >= 15 is 0 Å². The Balaban J connectivity index is 1.99. The van der Waals surface area contributed by atoms with Gasteiger partial charge in [-0.1, -0.05) is 47.9 Å². The predicted octanol–water partition coefficient (Wildman–Crippen LogP) is 6.66. The molecule has 0 N–H and O–H groups in total. The second-order valence-corrected chi connectivity index (χ2v) is 6.12. The zero-order valence-electron chi connectivity index (χ0n) is 14.5. The van der Waals surface area contributed by atoms with E-state index in [0.717, 1.165) is 29.2 Å². The maximum atomic E-state index is 14.5. The van der Waals surface area contributed by atoms with Crippen molar-refractivity contribution in [2.75, 3.05) is 0 Å². The zero-order valence-corrected chi connectivity index (χ0v) is 14.5. The highest BCUT2D eigenvalue weighted by atomic mass is 19.4. The fourth-order valence-electron chi connectivity index (χ4n) is 2.66. The van der Waals surface area contributed by atoms with Gasteiger partial charge in [0.15, 0.2) is 0 Å². The quantitative estimate of drug-likeness (QED) is 0.339. The first kappa shape index (κ1) is 19.6. The molecule has 142 valence electrons. The predicted molar refractivity (Wildman–Crippen MR) is 94.9 cm³/mol. The van der Waals surface area contributed by atoms with E-state index in [0.29, 0.717) is 5.56 Å². The molecule has 0 spiro atoms. The molecule has 0 saturated heterocycles. The number of alkyl halides is 3. The van der Waals surface area contributed by atoms with Crippen LogP contribution in [0.2, 0.25) is 0 Å². The summed E-state index contributed by atoms with van der Waals surface area (Å²) in [6.45, 7) is 1.92. The summed E-state index contributed by atoms with van der Waals surface area (Å²) in [5.41, 5.74) is 1.16. The second-order valence-electron chi connectivity index (χ2n) is 6.12. The number of halogens is 6. The molecule has 0 aliphatic carbocycles. The lowest BCUT2D eigenvalue weighted by Gasteiger charge is -2.09. The third-order valence-corrected chi connectivity index (χ3v) is 4.04. The van der Waals surface area contributed by atoms with Gasteiger partial charge < -0.3 is 0 Å². The van der Waals surface area contributed by atoms with Crippen LogP contribution in [0.3, 0.4) is 0 Å². The Morgan fingerprint density at radius 1 is 0.679 bits per heavy atom. The molecule has 0 unspecified atom stereocenters. The van der Waals surface area contributed by atoms with Crippen LogP contribution >= 0.6 is 0 Å². The highest BCUT2D eigenvalue weighted by Gasteiger charge is 2.23. The molecule has 28 heavy (non-hydrogen) atoms. The molecule has 0 nitrogen and oxygen atoms in total. The van der Waals surface area contributed by atoms with Gasteiger partial charge in [-0.05, 0) is 41.8 Å². The van der Waals surface area contributed by atoms with Crippen LogP contribution in [-0.4, -0.2) is 6.18 Å². The summed E-state index contributed by atoms with van der Waals surface area (Å²) >= 11 is 0. The summed E-state index contributed by atoms with van der Waals surface area (Å²) in [7, 11) is 0. The van der Waals surface area contributed by atoms with Gasteiger partial charge in [0.1, 0.15) is 17.5 Å². The van der Waals surface area contributed by atoms with Crippen LogP contribution in [0.4, 0.5) is 26.3 Å². The molecule has 0 amide bonds. The lowest BCUT2D eigenvalue weighted by atomic mass is 9.98. The number of benzene rings is 3. The van der Waals surface area contributed by atoms with Crippen molar-refractivity contribution in [3.63, 3.8) is 0 Å². The molecule has 0 aromatic heterocycles. The molecule has 6 heteroatoms. The maximum Gasteiger partial charge on any atom is 0.458 e. The second kappa shape index (κ2) is 7.43. The molecule has 0 aliphatic heterocycles. The Bertz CT molecular complexity index is 1060. The van der Waals surface area contributed by atoms with Crippen LogP contribution < -0.4 is 0 Å². The van der Waals surface area contributed by atoms with Gasteiger partial charge in [-0.3, -0.25) is 0 Å². The average molecular weight is 390 g/mol. The Labute approximate surface area is 157 Å². The van der Waals surface area contributed by atoms with E-state index in [1.54, 1.807) is 6.07 Å². The van der Waals surface area contributed by atoms with Crippen molar-refractivity contribution in [3.8, 4) is 34.1 Å². The number of hydrogen-bond acceptors (Lipinski definition) is 0. The van der Waals surface area contributed by atoms with Crippen LogP contribution in [0.15, 0.2) is 54.6 Å². The van der Waals surface area contributed by atoms with Crippen molar-refractivity contribution in [3.05, 3.63) is 83.2 Å². The van der Waals surface area contributed by atoms with E-state index < -0.39 is 29.2 Å². The molecule has 0 heterocycles. The van der Waals surface area contributed by atoms with Crippen molar-refractivity contribution in [2.45, 2.75) is 13.1 Å². The lowest BCUT2D eigenvalue weighted by Crippen LogP contribution is -2.02. The Hall–Kier alpha value is -3.20. The molecule has 0 atom stereocenters. The van der Waals surface area contributed by atoms with Crippen LogP contribution in [0.25, 0.3) is 22.3 Å². The molecule has 0 saturated carbocycles. The van der Waals surface area contributed by atoms with Crippen molar-refractivity contribution < 1.29 is 26.3 Å². The minimum absolute atomic E-state index is 0.0796. The Morgan fingerprint density at radius 3 is 1.75 bits per heavy atom. The zero-order chi connectivity index (χ0) is 20.5. The van der Waals surface area contributed by atoms with Gasteiger partial charge >= 0.3 is 6.18 Å². The first-order chi connectivity index (χ1) is 13.1. The van der Waals surface area contributed by atoms with Gasteiger partial charge in [-0.25, -0.2) is 13.2 Å². The normalized spacial score (nSPS) is 11.1. The highest BCUT2D eigenvalue weighted by Crippen LogP contribution is 2.30. The molecule has 0 radical (unpaired) electrons. The van der Waals surface area contributed by atoms with Gasteiger partial charge in [-0.15, -0.1) is 0 Å². The number of hydrogen-bond donors (Lipinski definition) is 0. The summed E-state index contributed by atoms with van der Waals surface area (Å²) in [5.74, 6) is -1.06. The topological polar surface area (TPSA) is 0 Å². The average Bonchev–Trinajstić information content (AvgIpc) is 2.60. The lowest BCUT2D eigenvalue weighted by molar-refractivity contribution is -0.0696. The first-order valence-electron chi connectivity index (χ1n) is 8.10. The largest absolute Gasteiger partial charge is 0.458 e. The van der Waals surface area contributed by atoms with Gasteiger partial charge in [-0.2, -0.15) is 13.2 Å². The van der Waals surface area contributed by atoms with E-state index in [1.807, 2.05) is 31.2 Å². The summed E-state index contributed by atoms with van der Waals surface area (Å²) in [5, 5.41) is 0. The van der Waals surface area contributed by atoms with Crippen molar-refractivity contribution in [2.24, 2.45) is 0 Å². The summed E-state index contributed by atoms with van der Waals surface area (Å²) in [4.78, 5) is 0. The molecular formula is C22H12F6. The van der Waals surface area contributed by atoms with Crippen molar-refractivity contribution >= 4 is 0 Å². The minimum Gasteiger partial charge on any atom is -0.206 e. The first-order valence-corrected chi connectivity index (χ1v) is 8.10. The SMILES string of the molecule is Cc1ccc(-c2ccc(-c3cc(F)c(C#CC(F)(F)F)c(F)c3)c(F)c2)cc1. The van der Waals surface area contributed by atoms with Crippen molar-refractivity contribution in [1.29, 1.82) is 0 Å². The van der Waals surface area contributed by atoms with Crippen LogP contribution in [0.5, 0.6) is 0 Å². The molecule has 3 rings (SSSR count). The van der Waals surface area contributed by atoms with Crippen LogP contribution in [0, 0.1) is 36.2 Å². The van der Waals surface area contributed by atoms with Gasteiger partial charge in [0, 0.05) is 11.5 Å². The Morgan fingerprint density at radius 2 is 1.21 bits per heavy atom. The smallest absolute Gasteiger partial charge is 0.206 e. The summed E-state index contributed by atoms with van der Waals surface area (Å²) in [6, 6.07) is 13.1. The van der Waals surface area contributed by atoms with E-state index in [-0.39, 0.29) is 11.1 Å². The third kappa shape index (κ3) is 4.37. The summed E-state index contributed by atoms with van der Waals surface area (Å²) < 4.78 is 79.1. The van der Waals surface area contributed by atoms with E-state index in [4.69, 9.17) is 0 Å². The van der Waals surface area contributed by atoms with Gasteiger partial charge in [0.2, 0.25) is 0 Å². The number of aryl methyl sites for hydroxylation is 1. The standard InChI is InChI=1S/C22H12F6/c1-13-2-4-14(5-3-13)15-6-7-17(19(23)10-15)16-11-20(24)18(21(25)12-16)8-9-22(26,27)28/h2-7,10-12H,1H3. The fraction of sp³-hybridized carbons (Fsp3) is 0.0909. The van der Waals surface area contributed by atoms with Crippen LogP contribution in [0.1, 0.15) is 11.1 Å². The molecule has 0 fully saturated rings. The van der Waals surface area contributed by atoms with Gasteiger partial charge in [0.25, 0.3) is 0 Å². The van der Waals surface area contributed by atoms with E-state index in [1.165, 1.54) is 18.1 Å². The Kier molecular flexibility index (Phi) is 5.19. The monoisotopic (exact) mass is 390 g/mol. The van der Waals surface area contributed by atoms with Crippen molar-refractivity contribution in [1.82, 2.24) is 0 Å². The van der Waals surface area contributed by atoms with Gasteiger partial charge in [0.05, 0.1) is 5.56 Å². The molecule has 0 aliphatic rings. The number of rotatable bonds is 2. The van der Waals surface area contributed by atoms with E-state index in [2.05, 4.69) is 0 Å². The molecular weight excluding hydrogens is 378 g/mol. The van der Waals surface area contributed by atoms with Crippen LogP contribution in [-0.2, 0) is 0 Å². The highest BCUT2D eigenvalue weighted by molar-refractivity contribution is 5.71. The molecule has 3 aromatic rings. The molecule has 3 aromatic carbocycles. The van der Waals surface area contributed by atoms with E-state index in [9.17, 15) is 26.3 Å². The maximum absolute atomic E-state index is 14.5.